The highest BCUT2D eigenvalue weighted by atomic mass is 15.3. The summed E-state index contributed by atoms with van der Waals surface area (Å²) in [5.74, 6) is 1.75. The molecule has 3 aromatic heterocycles. The van der Waals surface area contributed by atoms with Crippen LogP contribution >= 0.6 is 0 Å². The molecule has 3 heterocycles. The van der Waals surface area contributed by atoms with Crippen LogP contribution in [0.1, 0.15) is 12.7 Å². The average Bonchev–Trinajstić information content (AvgIpc) is 3.16. The Morgan fingerprint density at radius 1 is 1.25 bits per heavy atom. The van der Waals surface area contributed by atoms with Gasteiger partial charge in [0, 0.05) is 18.9 Å². The minimum absolute atomic E-state index is 0.672. The maximum atomic E-state index is 4.33. The van der Waals surface area contributed by atoms with Gasteiger partial charge >= 0.3 is 0 Å². The van der Waals surface area contributed by atoms with Crippen molar-refractivity contribution in [2.75, 3.05) is 5.32 Å². The van der Waals surface area contributed by atoms with Crippen molar-refractivity contribution in [1.82, 2.24) is 29.3 Å². The molecular formula is C13H15N7. The minimum atomic E-state index is 0.672. The molecule has 0 bridgehead atoms. The lowest BCUT2D eigenvalue weighted by Crippen LogP contribution is -2.08. The number of imidazole rings is 1. The monoisotopic (exact) mass is 269 g/mol. The number of anilines is 1. The van der Waals surface area contributed by atoms with Gasteiger partial charge in [-0.1, -0.05) is 0 Å². The summed E-state index contributed by atoms with van der Waals surface area (Å²) >= 11 is 0. The Hall–Kier alpha value is -2.70. The zero-order chi connectivity index (χ0) is 13.8. The Labute approximate surface area is 116 Å². The molecule has 0 atom stereocenters. The summed E-state index contributed by atoms with van der Waals surface area (Å²) in [6.07, 6.45) is 8.66. The van der Waals surface area contributed by atoms with E-state index in [0.29, 0.717) is 6.54 Å². The van der Waals surface area contributed by atoms with Gasteiger partial charge in [0.2, 0.25) is 0 Å². The summed E-state index contributed by atoms with van der Waals surface area (Å²) in [4.78, 5) is 12.5. The highest BCUT2D eigenvalue weighted by Crippen LogP contribution is 2.10. The topological polar surface area (TPSA) is 73.5 Å². The summed E-state index contributed by atoms with van der Waals surface area (Å²) in [5.41, 5.74) is 0.944. The van der Waals surface area contributed by atoms with Crippen LogP contribution in [0.3, 0.4) is 0 Å². The molecule has 0 aliphatic carbocycles. The average molecular weight is 269 g/mol. The van der Waals surface area contributed by atoms with Crippen LogP contribution in [0.5, 0.6) is 0 Å². The van der Waals surface area contributed by atoms with Gasteiger partial charge in [-0.05, 0) is 19.1 Å². The molecule has 0 aromatic carbocycles. The SMILES string of the molecule is CCn1ccnc1CNc1ccc(-n2cncn2)nc1. The van der Waals surface area contributed by atoms with Gasteiger partial charge in [-0.25, -0.2) is 19.6 Å². The van der Waals surface area contributed by atoms with Gasteiger partial charge in [0.05, 0.1) is 18.4 Å². The fourth-order valence-corrected chi connectivity index (χ4v) is 1.93. The van der Waals surface area contributed by atoms with Gasteiger partial charge < -0.3 is 9.88 Å². The molecule has 0 spiro atoms. The van der Waals surface area contributed by atoms with Crippen molar-refractivity contribution in [3.05, 3.63) is 49.2 Å². The van der Waals surface area contributed by atoms with Gasteiger partial charge in [0.1, 0.15) is 18.5 Å². The van der Waals surface area contributed by atoms with Gasteiger partial charge in [-0.2, -0.15) is 5.10 Å². The van der Waals surface area contributed by atoms with Crippen LogP contribution in [0.25, 0.3) is 5.82 Å². The van der Waals surface area contributed by atoms with Gasteiger partial charge in [-0.3, -0.25) is 0 Å². The second-order valence-electron chi connectivity index (χ2n) is 4.23. The third kappa shape index (κ3) is 2.51. The molecule has 0 unspecified atom stereocenters. The first-order valence-corrected chi connectivity index (χ1v) is 6.41. The third-order valence-corrected chi connectivity index (χ3v) is 2.99. The molecule has 0 amide bonds. The lowest BCUT2D eigenvalue weighted by atomic mass is 10.4. The lowest BCUT2D eigenvalue weighted by molar-refractivity contribution is 0.708. The highest BCUT2D eigenvalue weighted by molar-refractivity contribution is 5.43. The van der Waals surface area contributed by atoms with Crippen molar-refractivity contribution in [2.45, 2.75) is 20.0 Å². The molecular weight excluding hydrogens is 254 g/mol. The summed E-state index contributed by atoms with van der Waals surface area (Å²) in [5, 5.41) is 7.34. The molecule has 20 heavy (non-hydrogen) atoms. The first kappa shape index (κ1) is 12.3. The number of pyridine rings is 1. The number of nitrogens with zero attached hydrogens (tertiary/aromatic N) is 6. The van der Waals surface area contributed by atoms with E-state index in [-0.39, 0.29) is 0 Å². The molecule has 0 saturated heterocycles. The van der Waals surface area contributed by atoms with Crippen molar-refractivity contribution in [3.8, 4) is 5.82 Å². The summed E-state index contributed by atoms with van der Waals surface area (Å²) in [6.45, 7) is 3.69. The van der Waals surface area contributed by atoms with Crippen molar-refractivity contribution in [2.24, 2.45) is 0 Å². The fraction of sp³-hybridized carbons (Fsp3) is 0.231. The number of hydrogen-bond acceptors (Lipinski definition) is 5. The fourth-order valence-electron chi connectivity index (χ4n) is 1.93. The molecule has 1 N–H and O–H groups in total. The maximum Gasteiger partial charge on any atom is 0.155 e. The van der Waals surface area contributed by atoms with Crippen molar-refractivity contribution in [3.63, 3.8) is 0 Å². The number of aromatic nitrogens is 6. The molecule has 3 rings (SSSR count). The van der Waals surface area contributed by atoms with E-state index in [1.54, 1.807) is 17.2 Å². The van der Waals surface area contributed by atoms with E-state index < -0.39 is 0 Å². The highest BCUT2D eigenvalue weighted by Gasteiger charge is 2.02. The molecule has 3 aromatic rings. The van der Waals surface area contributed by atoms with Crippen LogP contribution in [-0.4, -0.2) is 29.3 Å². The molecule has 7 nitrogen and oxygen atoms in total. The molecule has 102 valence electrons. The first-order chi connectivity index (χ1) is 9.86. The number of hydrogen-bond donors (Lipinski definition) is 1. The van der Waals surface area contributed by atoms with E-state index >= 15 is 0 Å². The summed E-state index contributed by atoms with van der Waals surface area (Å²) < 4.78 is 3.72. The smallest absolute Gasteiger partial charge is 0.155 e. The predicted octanol–water partition coefficient (Wildman–Crippen LogP) is 1.49. The molecule has 0 radical (unpaired) electrons. The van der Waals surface area contributed by atoms with E-state index in [0.717, 1.165) is 23.9 Å². The normalized spacial score (nSPS) is 10.7. The molecule has 0 saturated carbocycles. The Morgan fingerprint density at radius 2 is 2.20 bits per heavy atom. The van der Waals surface area contributed by atoms with Gasteiger partial charge in [-0.15, -0.1) is 0 Å². The molecule has 7 heteroatoms. The van der Waals surface area contributed by atoms with E-state index in [4.69, 9.17) is 0 Å². The zero-order valence-electron chi connectivity index (χ0n) is 11.1. The van der Waals surface area contributed by atoms with E-state index in [1.807, 2.05) is 24.5 Å². The van der Waals surface area contributed by atoms with Crippen LogP contribution in [-0.2, 0) is 13.1 Å². The van der Waals surface area contributed by atoms with Crippen LogP contribution < -0.4 is 5.32 Å². The first-order valence-electron chi connectivity index (χ1n) is 6.41. The largest absolute Gasteiger partial charge is 0.377 e. The van der Waals surface area contributed by atoms with Crippen LogP contribution in [0, 0.1) is 0 Å². The summed E-state index contributed by atoms with van der Waals surface area (Å²) in [7, 11) is 0. The van der Waals surface area contributed by atoms with Crippen LogP contribution in [0.4, 0.5) is 5.69 Å². The van der Waals surface area contributed by atoms with Crippen molar-refractivity contribution >= 4 is 5.69 Å². The van der Waals surface area contributed by atoms with Crippen molar-refractivity contribution in [1.29, 1.82) is 0 Å². The van der Waals surface area contributed by atoms with Crippen molar-refractivity contribution < 1.29 is 0 Å². The van der Waals surface area contributed by atoms with Crippen LogP contribution in [0.15, 0.2) is 43.4 Å². The molecule has 0 aliphatic heterocycles. The van der Waals surface area contributed by atoms with Gasteiger partial charge in [0.15, 0.2) is 5.82 Å². The maximum absolute atomic E-state index is 4.33. The second kappa shape index (κ2) is 5.52. The van der Waals surface area contributed by atoms with E-state index in [2.05, 4.69) is 36.9 Å². The number of nitrogens with one attached hydrogen (secondary N) is 1. The zero-order valence-corrected chi connectivity index (χ0v) is 11.1. The van der Waals surface area contributed by atoms with Crippen LogP contribution in [0.2, 0.25) is 0 Å². The Morgan fingerprint density at radius 3 is 2.90 bits per heavy atom. The Balaban J connectivity index is 1.67. The summed E-state index contributed by atoms with van der Waals surface area (Å²) in [6, 6.07) is 3.85. The van der Waals surface area contributed by atoms with E-state index in [1.165, 1.54) is 6.33 Å². The predicted molar refractivity (Wildman–Crippen MR) is 74.4 cm³/mol. The van der Waals surface area contributed by atoms with Gasteiger partial charge in [0.25, 0.3) is 0 Å². The minimum Gasteiger partial charge on any atom is -0.377 e. The van der Waals surface area contributed by atoms with E-state index in [9.17, 15) is 0 Å². The Kier molecular flexibility index (Phi) is 3.40. The Bertz CT molecular complexity index is 654. The number of rotatable bonds is 5. The quantitative estimate of drug-likeness (QED) is 0.759. The second-order valence-corrected chi connectivity index (χ2v) is 4.23. The number of aryl methyl sites for hydroxylation is 1. The lowest BCUT2D eigenvalue weighted by Gasteiger charge is -2.08. The molecule has 0 fully saturated rings. The third-order valence-electron chi connectivity index (χ3n) is 2.99. The molecule has 0 aliphatic rings. The standard InChI is InChI=1S/C13H15N7/c1-2-19-6-5-15-13(19)8-16-11-3-4-12(17-7-11)20-10-14-9-18-20/h3-7,9-10,16H,2,8H2,1H3.